The molecule has 8 nitrogen and oxygen atoms in total. The van der Waals surface area contributed by atoms with E-state index in [2.05, 4.69) is 4.99 Å². The maximum atomic E-state index is 13.1. The van der Waals surface area contributed by atoms with Crippen LogP contribution in [0.25, 0.3) is 10.8 Å². The summed E-state index contributed by atoms with van der Waals surface area (Å²) in [5.74, 6) is 0.890. The molecule has 0 radical (unpaired) electrons. The Labute approximate surface area is 203 Å². The summed E-state index contributed by atoms with van der Waals surface area (Å²) in [5.41, 5.74) is 1.77. The molecule has 6 rings (SSSR count). The molecule has 1 atom stereocenters. The predicted molar refractivity (Wildman–Crippen MR) is 134 cm³/mol. The smallest absolute Gasteiger partial charge is 0.265 e. The highest BCUT2D eigenvalue weighted by Crippen LogP contribution is 2.42. The van der Waals surface area contributed by atoms with Gasteiger partial charge in [0.25, 0.3) is 15.9 Å². The molecule has 0 N–H and O–H groups in total. The molecule has 3 aliphatic rings. The van der Waals surface area contributed by atoms with Crippen molar-refractivity contribution in [2.24, 2.45) is 4.99 Å². The summed E-state index contributed by atoms with van der Waals surface area (Å²) in [6.45, 7) is 1.29. The van der Waals surface area contributed by atoms with Gasteiger partial charge in [0.05, 0.1) is 41.6 Å². The van der Waals surface area contributed by atoms with Gasteiger partial charge in [-0.25, -0.2) is 8.42 Å². The number of ether oxygens (including phenoxy) is 2. The lowest BCUT2D eigenvalue weighted by molar-refractivity contribution is 0.0774. The van der Waals surface area contributed by atoms with Gasteiger partial charge in [0.1, 0.15) is 0 Å². The average Bonchev–Trinajstić information content (AvgIpc) is 3.38. The van der Waals surface area contributed by atoms with Gasteiger partial charge in [-0.2, -0.15) is 0 Å². The van der Waals surface area contributed by atoms with Crippen LogP contribution >= 0.6 is 0 Å². The molecule has 3 aromatic carbocycles. The zero-order valence-corrected chi connectivity index (χ0v) is 20.1. The Balaban J connectivity index is 1.19. The molecule has 0 saturated carbocycles. The minimum atomic E-state index is -3.59. The van der Waals surface area contributed by atoms with E-state index in [1.807, 2.05) is 35.4 Å². The number of sulfonamides is 1. The van der Waals surface area contributed by atoms with E-state index in [1.165, 1.54) is 11.4 Å². The fourth-order valence-corrected chi connectivity index (χ4v) is 6.96. The number of hydrogen-bond acceptors (Lipinski definition) is 6. The largest absolute Gasteiger partial charge is 0.493 e. The number of amides is 1. The topological polar surface area (TPSA) is 88.5 Å². The first-order chi connectivity index (χ1) is 17.0. The van der Waals surface area contributed by atoms with Gasteiger partial charge < -0.3 is 14.4 Å². The summed E-state index contributed by atoms with van der Waals surface area (Å²) in [7, 11) is -2.06. The van der Waals surface area contributed by atoms with E-state index in [1.54, 1.807) is 24.3 Å². The summed E-state index contributed by atoms with van der Waals surface area (Å²) in [6, 6.07) is 14.4. The first-order valence-electron chi connectivity index (χ1n) is 11.7. The summed E-state index contributed by atoms with van der Waals surface area (Å²) in [6.07, 6.45) is 4.20. The molecular weight excluding hydrogens is 466 g/mol. The molecule has 3 aliphatic heterocycles. The number of fused-ring (bicyclic) bond motifs is 2. The Morgan fingerprint density at radius 1 is 1.11 bits per heavy atom. The summed E-state index contributed by atoms with van der Waals surface area (Å²) in [4.78, 5) is 19.8. The number of hydrogen-bond donors (Lipinski definition) is 0. The van der Waals surface area contributed by atoms with Gasteiger partial charge in [0, 0.05) is 37.2 Å². The Hall–Kier alpha value is -3.59. The molecule has 3 aromatic rings. The predicted octanol–water partition coefficient (Wildman–Crippen LogP) is 4.15. The number of carbonyl (C=O) groups excluding carboxylic acids is 1. The Kier molecular flexibility index (Phi) is 5.17. The highest BCUT2D eigenvalue weighted by Gasteiger charge is 2.35. The number of carbonyl (C=O) groups is 1. The van der Waals surface area contributed by atoms with E-state index >= 15 is 0 Å². The molecule has 0 aliphatic carbocycles. The van der Waals surface area contributed by atoms with Crippen LogP contribution in [0.5, 0.6) is 11.5 Å². The highest BCUT2D eigenvalue weighted by molar-refractivity contribution is 7.93. The van der Waals surface area contributed by atoms with E-state index in [9.17, 15) is 13.2 Å². The quantitative estimate of drug-likeness (QED) is 0.484. The van der Waals surface area contributed by atoms with Crippen LogP contribution in [0.1, 0.15) is 29.6 Å². The van der Waals surface area contributed by atoms with E-state index in [0.717, 1.165) is 30.2 Å². The molecule has 35 heavy (non-hydrogen) atoms. The van der Waals surface area contributed by atoms with E-state index in [4.69, 9.17) is 9.47 Å². The minimum Gasteiger partial charge on any atom is -0.493 e. The molecule has 0 aromatic heterocycles. The maximum absolute atomic E-state index is 13.1. The van der Waals surface area contributed by atoms with Crippen molar-refractivity contribution in [1.29, 1.82) is 0 Å². The third-order valence-electron chi connectivity index (χ3n) is 6.90. The second-order valence-electron chi connectivity index (χ2n) is 8.92. The van der Waals surface area contributed by atoms with Crippen LogP contribution in [0.2, 0.25) is 0 Å². The summed E-state index contributed by atoms with van der Waals surface area (Å²) >= 11 is 0. The normalized spacial score (nSPS) is 19.6. The summed E-state index contributed by atoms with van der Waals surface area (Å²) < 4.78 is 39.3. The first-order valence-corrected chi connectivity index (χ1v) is 13.2. The second kappa shape index (κ2) is 8.27. The van der Waals surface area contributed by atoms with Crippen LogP contribution in [0.4, 0.5) is 11.4 Å². The Morgan fingerprint density at radius 3 is 2.77 bits per heavy atom. The molecule has 0 bridgehead atoms. The SMILES string of the molecule is COc1cc2c(cc1OCCCN1c3cccc4cccc(c34)S1(=O)=O)N=C[C@@H]1CCCN1C2=O. The monoisotopic (exact) mass is 491 g/mol. The Morgan fingerprint density at radius 2 is 1.94 bits per heavy atom. The number of benzene rings is 3. The molecule has 3 heterocycles. The van der Waals surface area contributed by atoms with Crippen molar-refractivity contribution in [2.45, 2.75) is 30.2 Å². The van der Waals surface area contributed by atoms with Gasteiger partial charge in [-0.3, -0.25) is 14.1 Å². The van der Waals surface area contributed by atoms with Crippen LogP contribution in [0.3, 0.4) is 0 Å². The van der Waals surface area contributed by atoms with Gasteiger partial charge in [0.2, 0.25) is 0 Å². The lowest BCUT2D eigenvalue weighted by Crippen LogP contribution is -2.35. The van der Waals surface area contributed by atoms with Crippen molar-refractivity contribution in [3.05, 3.63) is 54.1 Å². The molecule has 1 amide bonds. The fraction of sp³-hybridized carbons (Fsp3) is 0.308. The van der Waals surface area contributed by atoms with Crippen LogP contribution in [-0.2, 0) is 10.0 Å². The molecule has 9 heteroatoms. The van der Waals surface area contributed by atoms with Gasteiger partial charge in [-0.1, -0.05) is 24.3 Å². The molecular formula is C26H25N3O5S. The highest BCUT2D eigenvalue weighted by atomic mass is 32.2. The van der Waals surface area contributed by atoms with E-state index in [0.29, 0.717) is 39.8 Å². The zero-order valence-electron chi connectivity index (χ0n) is 19.3. The zero-order chi connectivity index (χ0) is 24.2. The lowest BCUT2D eigenvalue weighted by atomic mass is 10.1. The lowest BCUT2D eigenvalue weighted by Gasteiger charge is -2.21. The first kappa shape index (κ1) is 21.9. The van der Waals surface area contributed by atoms with Gasteiger partial charge in [-0.05, 0) is 36.4 Å². The van der Waals surface area contributed by atoms with Crippen LogP contribution in [0, 0.1) is 0 Å². The molecule has 180 valence electrons. The average molecular weight is 492 g/mol. The number of aliphatic imine (C=N–C) groups is 1. The number of anilines is 1. The molecule has 1 saturated heterocycles. The third kappa shape index (κ3) is 3.44. The van der Waals surface area contributed by atoms with Crippen molar-refractivity contribution in [3.63, 3.8) is 0 Å². The number of nitrogens with zero attached hydrogens (tertiary/aromatic N) is 3. The Bertz CT molecular complexity index is 1480. The van der Waals surface area contributed by atoms with Crippen LogP contribution in [-0.4, -0.2) is 58.3 Å². The van der Waals surface area contributed by atoms with Crippen molar-refractivity contribution in [3.8, 4) is 11.5 Å². The number of rotatable bonds is 6. The second-order valence-corrected chi connectivity index (χ2v) is 10.7. The van der Waals surface area contributed by atoms with Gasteiger partial charge >= 0.3 is 0 Å². The molecule has 0 unspecified atom stereocenters. The van der Waals surface area contributed by atoms with Crippen LogP contribution in [0.15, 0.2) is 58.4 Å². The van der Waals surface area contributed by atoms with Gasteiger partial charge in [0.15, 0.2) is 11.5 Å². The van der Waals surface area contributed by atoms with E-state index < -0.39 is 10.0 Å². The van der Waals surface area contributed by atoms with Crippen LogP contribution < -0.4 is 13.8 Å². The standard InChI is InChI=1S/C26H25N3O5S/c1-33-22-14-19-20(27-16-18-8-4-11-28(18)26(19)30)15-23(22)34-13-5-12-29-21-9-2-6-17-7-3-10-24(25(17)21)35(29,31)32/h2-3,6-7,9-10,14-16,18H,4-5,8,11-13H2,1H3/t18-/m0/s1. The minimum absolute atomic E-state index is 0.0289. The number of methoxy groups -OCH3 is 1. The van der Waals surface area contributed by atoms with Crippen molar-refractivity contribution >= 4 is 44.3 Å². The van der Waals surface area contributed by atoms with Gasteiger partial charge in [-0.15, -0.1) is 0 Å². The third-order valence-corrected chi connectivity index (χ3v) is 8.76. The fourth-order valence-electron chi connectivity index (χ4n) is 5.21. The maximum Gasteiger partial charge on any atom is 0.265 e. The molecule has 0 spiro atoms. The van der Waals surface area contributed by atoms with Crippen molar-refractivity contribution in [2.75, 3.05) is 31.1 Å². The molecule has 1 fully saturated rings. The van der Waals surface area contributed by atoms with Crippen molar-refractivity contribution < 1.29 is 22.7 Å². The van der Waals surface area contributed by atoms with Crippen molar-refractivity contribution in [1.82, 2.24) is 4.90 Å². The summed E-state index contributed by atoms with van der Waals surface area (Å²) in [5, 5.41) is 1.68. The van der Waals surface area contributed by atoms with E-state index in [-0.39, 0.29) is 25.1 Å².